The second kappa shape index (κ2) is 5.74. The van der Waals surface area contributed by atoms with Crippen molar-refractivity contribution in [2.75, 3.05) is 11.4 Å². The average molecular weight is 280 g/mol. The summed E-state index contributed by atoms with van der Waals surface area (Å²) in [5, 5.41) is 0.550. The maximum atomic E-state index is 12.5. The number of benzene rings is 1. The molecule has 2 rings (SSSR count). The second-order valence-corrected chi connectivity index (χ2v) is 5.60. The Kier molecular flexibility index (Phi) is 4.25. The van der Waals surface area contributed by atoms with E-state index in [-0.39, 0.29) is 17.6 Å². The third kappa shape index (κ3) is 2.81. The molecule has 1 aromatic rings. The van der Waals surface area contributed by atoms with Gasteiger partial charge in [0.1, 0.15) is 5.78 Å². The molecule has 0 aromatic heterocycles. The summed E-state index contributed by atoms with van der Waals surface area (Å²) in [4.78, 5) is 26.2. The van der Waals surface area contributed by atoms with E-state index < -0.39 is 5.92 Å². The quantitative estimate of drug-likeness (QED) is 0.796. The standard InChI is InChI=1S/C15H18ClNO2/c1-10(2)14(18)11-6-5-9-17(15(11)19)13-8-4-3-7-12(13)16/h3-4,7-8,10-11H,5-6,9H2,1-2H3/t11-/m0/s1. The lowest BCUT2D eigenvalue weighted by molar-refractivity contribution is -0.135. The van der Waals surface area contributed by atoms with Gasteiger partial charge in [-0.2, -0.15) is 0 Å². The van der Waals surface area contributed by atoms with E-state index in [1.165, 1.54) is 0 Å². The number of carbonyl (C=O) groups excluding carboxylic acids is 2. The highest BCUT2D eigenvalue weighted by atomic mass is 35.5. The molecule has 1 atom stereocenters. The molecule has 0 aliphatic carbocycles. The second-order valence-electron chi connectivity index (χ2n) is 5.19. The van der Waals surface area contributed by atoms with Gasteiger partial charge in [-0.25, -0.2) is 0 Å². The molecule has 1 heterocycles. The topological polar surface area (TPSA) is 37.4 Å². The lowest BCUT2D eigenvalue weighted by Crippen LogP contribution is -2.45. The van der Waals surface area contributed by atoms with E-state index in [9.17, 15) is 9.59 Å². The first-order valence-corrected chi connectivity index (χ1v) is 6.99. The molecule has 0 N–H and O–H groups in total. The largest absolute Gasteiger partial charge is 0.310 e. The van der Waals surface area contributed by atoms with Crippen LogP contribution >= 0.6 is 11.6 Å². The Morgan fingerprint density at radius 2 is 2.05 bits per heavy atom. The lowest BCUT2D eigenvalue weighted by Gasteiger charge is -2.32. The first-order chi connectivity index (χ1) is 9.02. The van der Waals surface area contributed by atoms with Crippen LogP contribution in [0.15, 0.2) is 24.3 Å². The van der Waals surface area contributed by atoms with E-state index in [1.807, 2.05) is 32.0 Å². The summed E-state index contributed by atoms with van der Waals surface area (Å²) in [6, 6.07) is 7.26. The molecule has 0 spiro atoms. The number of ketones is 1. The van der Waals surface area contributed by atoms with Crippen LogP contribution in [0, 0.1) is 11.8 Å². The normalized spacial score (nSPS) is 19.9. The zero-order chi connectivity index (χ0) is 14.0. The summed E-state index contributed by atoms with van der Waals surface area (Å²) in [5.41, 5.74) is 0.704. The number of hydrogen-bond acceptors (Lipinski definition) is 2. The fourth-order valence-corrected chi connectivity index (χ4v) is 2.69. The van der Waals surface area contributed by atoms with E-state index in [0.717, 1.165) is 6.42 Å². The Labute approximate surface area is 118 Å². The van der Waals surface area contributed by atoms with Crippen molar-refractivity contribution in [1.29, 1.82) is 0 Å². The molecular weight excluding hydrogens is 262 g/mol. The van der Waals surface area contributed by atoms with Crippen molar-refractivity contribution in [3.05, 3.63) is 29.3 Å². The first-order valence-electron chi connectivity index (χ1n) is 6.62. The van der Waals surface area contributed by atoms with E-state index in [1.54, 1.807) is 11.0 Å². The molecule has 1 amide bonds. The zero-order valence-electron chi connectivity index (χ0n) is 11.2. The van der Waals surface area contributed by atoms with E-state index in [0.29, 0.717) is 23.7 Å². The number of Topliss-reactive ketones (excluding diaryl/α,β-unsaturated/α-hetero) is 1. The maximum absolute atomic E-state index is 12.5. The van der Waals surface area contributed by atoms with Crippen LogP contribution in [-0.2, 0) is 9.59 Å². The van der Waals surface area contributed by atoms with Crippen molar-refractivity contribution in [3.8, 4) is 0 Å². The number of carbonyl (C=O) groups is 2. The summed E-state index contributed by atoms with van der Waals surface area (Å²) in [7, 11) is 0. The molecule has 19 heavy (non-hydrogen) atoms. The Bertz CT molecular complexity index is 499. The highest BCUT2D eigenvalue weighted by Gasteiger charge is 2.35. The minimum absolute atomic E-state index is 0.0294. The van der Waals surface area contributed by atoms with E-state index in [2.05, 4.69) is 0 Å². The number of amides is 1. The van der Waals surface area contributed by atoms with Gasteiger partial charge in [-0.05, 0) is 25.0 Å². The summed E-state index contributed by atoms with van der Waals surface area (Å²) >= 11 is 6.13. The molecule has 0 bridgehead atoms. The lowest BCUT2D eigenvalue weighted by atomic mass is 9.87. The number of para-hydroxylation sites is 1. The summed E-state index contributed by atoms with van der Waals surface area (Å²) in [6.07, 6.45) is 1.48. The molecule has 102 valence electrons. The molecular formula is C15H18ClNO2. The Morgan fingerprint density at radius 1 is 1.37 bits per heavy atom. The van der Waals surface area contributed by atoms with Crippen LogP contribution in [0.3, 0.4) is 0 Å². The number of anilines is 1. The molecule has 3 nitrogen and oxygen atoms in total. The van der Waals surface area contributed by atoms with Gasteiger partial charge in [-0.3, -0.25) is 9.59 Å². The van der Waals surface area contributed by atoms with Crippen molar-refractivity contribution in [1.82, 2.24) is 0 Å². The highest BCUT2D eigenvalue weighted by molar-refractivity contribution is 6.34. The van der Waals surface area contributed by atoms with Crippen molar-refractivity contribution >= 4 is 29.0 Å². The van der Waals surface area contributed by atoms with Gasteiger partial charge in [0.15, 0.2) is 0 Å². The number of piperidine rings is 1. The maximum Gasteiger partial charge on any atom is 0.237 e. The van der Waals surface area contributed by atoms with Crippen LogP contribution in [0.1, 0.15) is 26.7 Å². The fraction of sp³-hybridized carbons (Fsp3) is 0.467. The van der Waals surface area contributed by atoms with Gasteiger partial charge in [0.25, 0.3) is 0 Å². The fourth-order valence-electron chi connectivity index (χ4n) is 2.45. The third-order valence-electron chi connectivity index (χ3n) is 3.49. The van der Waals surface area contributed by atoms with Crippen molar-refractivity contribution in [2.45, 2.75) is 26.7 Å². The average Bonchev–Trinajstić information content (AvgIpc) is 2.39. The SMILES string of the molecule is CC(C)C(=O)[C@@H]1CCCN(c2ccccc2Cl)C1=O. The number of nitrogens with zero attached hydrogens (tertiary/aromatic N) is 1. The van der Waals surface area contributed by atoms with Crippen molar-refractivity contribution in [3.63, 3.8) is 0 Å². The monoisotopic (exact) mass is 279 g/mol. The Hall–Kier alpha value is -1.35. The van der Waals surface area contributed by atoms with Gasteiger partial charge < -0.3 is 4.90 Å². The predicted molar refractivity (Wildman–Crippen MR) is 76.4 cm³/mol. The molecule has 1 saturated heterocycles. The first kappa shape index (κ1) is 14.1. The van der Waals surface area contributed by atoms with Crippen LogP contribution in [0.4, 0.5) is 5.69 Å². The molecule has 0 saturated carbocycles. The highest BCUT2D eigenvalue weighted by Crippen LogP contribution is 2.31. The van der Waals surface area contributed by atoms with Gasteiger partial charge in [-0.15, -0.1) is 0 Å². The minimum Gasteiger partial charge on any atom is -0.310 e. The molecule has 1 aliphatic heterocycles. The number of rotatable bonds is 3. The van der Waals surface area contributed by atoms with Crippen LogP contribution < -0.4 is 4.90 Å². The Balaban J connectivity index is 2.26. The van der Waals surface area contributed by atoms with Gasteiger partial charge in [0, 0.05) is 12.5 Å². The summed E-state index contributed by atoms with van der Waals surface area (Å²) < 4.78 is 0. The summed E-state index contributed by atoms with van der Waals surface area (Å²) in [5.74, 6) is -0.704. The molecule has 1 aromatic carbocycles. The third-order valence-corrected chi connectivity index (χ3v) is 3.81. The molecule has 1 fully saturated rings. The van der Waals surface area contributed by atoms with Gasteiger partial charge in [-0.1, -0.05) is 37.6 Å². The van der Waals surface area contributed by atoms with Gasteiger partial charge in [0.05, 0.1) is 16.6 Å². The number of halogens is 1. The predicted octanol–water partition coefficient (Wildman–Crippen LogP) is 3.31. The van der Waals surface area contributed by atoms with Crippen LogP contribution in [0.25, 0.3) is 0 Å². The van der Waals surface area contributed by atoms with E-state index >= 15 is 0 Å². The van der Waals surface area contributed by atoms with Crippen LogP contribution in [0.2, 0.25) is 5.02 Å². The summed E-state index contributed by atoms with van der Waals surface area (Å²) in [6.45, 7) is 4.30. The van der Waals surface area contributed by atoms with Gasteiger partial charge in [0.2, 0.25) is 5.91 Å². The Morgan fingerprint density at radius 3 is 2.68 bits per heavy atom. The van der Waals surface area contributed by atoms with Crippen molar-refractivity contribution < 1.29 is 9.59 Å². The van der Waals surface area contributed by atoms with E-state index in [4.69, 9.17) is 11.6 Å². The van der Waals surface area contributed by atoms with Crippen molar-refractivity contribution in [2.24, 2.45) is 11.8 Å². The molecule has 4 heteroatoms. The van der Waals surface area contributed by atoms with Crippen LogP contribution in [0.5, 0.6) is 0 Å². The van der Waals surface area contributed by atoms with Gasteiger partial charge >= 0.3 is 0 Å². The number of hydrogen-bond donors (Lipinski definition) is 0. The van der Waals surface area contributed by atoms with Crippen LogP contribution in [-0.4, -0.2) is 18.2 Å². The molecule has 0 unspecified atom stereocenters. The molecule has 0 radical (unpaired) electrons. The smallest absolute Gasteiger partial charge is 0.237 e. The zero-order valence-corrected chi connectivity index (χ0v) is 12.0. The molecule has 1 aliphatic rings. The minimum atomic E-state index is -0.509.